The molecule has 1 unspecified atom stereocenters. The van der Waals surface area contributed by atoms with Gasteiger partial charge in [-0.15, -0.1) is 0 Å². The lowest BCUT2D eigenvalue weighted by molar-refractivity contribution is 0.485. The fraction of sp³-hybridized carbons (Fsp3) is 0.462. The average molecular weight is 230 g/mol. The van der Waals surface area contributed by atoms with Gasteiger partial charge >= 0.3 is 0 Å². The van der Waals surface area contributed by atoms with Crippen molar-refractivity contribution in [3.63, 3.8) is 0 Å². The highest BCUT2D eigenvalue weighted by Gasteiger charge is 2.20. The number of nitrogens with zero attached hydrogens (tertiary/aromatic N) is 2. The number of rotatable bonds is 1. The van der Waals surface area contributed by atoms with Crippen LogP contribution in [0.4, 0.5) is 11.4 Å². The second-order valence-corrected chi connectivity index (χ2v) is 4.91. The SMILES string of the molecule is CC1CCCCN1c1cc2[nH]ncc2cc1N. The summed E-state index contributed by atoms with van der Waals surface area (Å²) in [4.78, 5) is 2.42. The second-order valence-electron chi connectivity index (χ2n) is 4.91. The molecule has 0 saturated carbocycles. The van der Waals surface area contributed by atoms with E-state index in [-0.39, 0.29) is 0 Å². The minimum absolute atomic E-state index is 0.575. The third-order valence-electron chi connectivity index (χ3n) is 3.70. The molecule has 1 aromatic carbocycles. The zero-order valence-electron chi connectivity index (χ0n) is 10.1. The lowest BCUT2D eigenvalue weighted by atomic mass is 10.0. The number of H-pyrrole nitrogens is 1. The Morgan fingerprint density at radius 2 is 2.29 bits per heavy atom. The first kappa shape index (κ1) is 10.4. The number of nitrogen functional groups attached to an aromatic ring is 1. The number of aromatic nitrogens is 2. The number of anilines is 2. The number of benzene rings is 1. The van der Waals surface area contributed by atoms with Crippen molar-refractivity contribution >= 4 is 22.3 Å². The van der Waals surface area contributed by atoms with E-state index in [1.54, 1.807) is 0 Å². The van der Waals surface area contributed by atoms with Crippen molar-refractivity contribution in [3.8, 4) is 0 Å². The van der Waals surface area contributed by atoms with Crippen molar-refractivity contribution < 1.29 is 0 Å². The summed E-state index contributed by atoms with van der Waals surface area (Å²) in [5, 5.41) is 8.14. The van der Waals surface area contributed by atoms with Gasteiger partial charge in [0.25, 0.3) is 0 Å². The lowest BCUT2D eigenvalue weighted by Crippen LogP contribution is -2.37. The first-order valence-corrected chi connectivity index (χ1v) is 6.25. The summed E-state index contributed by atoms with van der Waals surface area (Å²) < 4.78 is 0. The summed E-state index contributed by atoms with van der Waals surface area (Å²) in [6.45, 7) is 3.38. The Hall–Kier alpha value is -1.71. The summed E-state index contributed by atoms with van der Waals surface area (Å²) in [5.74, 6) is 0. The van der Waals surface area contributed by atoms with Crippen LogP contribution in [-0.2, 0) is 0 Å². The highest BCUT2D eigenvalue weighted by Crippen LogP contribution is 2.32. The fourth-order valence-electron chi connectivity index (χ4n) is 2.70. The first-order chi connectivity index (χ1) is 8.25. The van der Waals surface area contributed by atoms with Crippen molar-refractivity contribution in [3.05, 3.63) is 18.3 Å². The Labute approximate surface area is 101 Å². The molecule has 1 atom stereocenters. The van der Waals surface area contributed by atoms with Gasteiger partial charge in [0.2, 0.25) is 0 Å². The first-order valence-electron chi connectivity index (χ1n) is 6.25. The van der Waals surface area contributed by atoms with Crippen LogP contribution >= 0.6 is 0 Å². The van der Waals surface area contributed by atoms with Crippen LogP contribution < -0.4 is 10.6 Å². The van der Waals surface area contributed by atoms with Gasteiger partial charge in [0.1, 0.15) is 0 Å². The minimum atomic E-state index is 0.575. The van der Waals surface area contributed by atoms with Gasteiger partial charge in [-0.05, 0) is 38.3 Å². The molecule has 0 aliphatic carbocycles. The summed E-state index contributed by atoms with van der Waals surface area (Å²) in [6.07, 6.45) is 5.64. The van der Waals surface area contributed by atoms with E-state index in [4.69, 9.17) is 5.73 Å². The third kappa shape index (κ3) is 1.73. The highest BCUT2D eigenvalue weighted by atomic mass is 15.2. The van der Waals surface area contributed by atoms with Crippen LogP contribution in [0, 0.1) is 0 Å². The molecular weight excluding hydrogens is 212 g/mol. The summed E-state index contributed by atoms with van der Waals surface area (Å²) in [5.41, 5.74) is 9.22. The number of hydrogen-bond acceptors (Lipinski definition) is 3. The third-order valence-corrected chi connectivity index (χ3v) is 3.70. The van der Waals surface area contributed by atoms with E-state index >= 15 is 0 Å². The van der Waals surface area contributed by atoms with Crippen LogP contribution in [0.2, 0.25) is 0 Å². The molecule has 0 amide bonds. The normalized spacial score (nSPS) is 21.0. The van der Waals surface area contributed by atoms with Crippen molar-refractivity contribution in [2.24, 2.45) is 0 Å². The van der Waals surface area contributed by atoms with Gasteiger partial charge in [0, 0.05) is 18.0 Å². The Bertz CT molecular complexity index is 531. The molecule has 3 N–H and O–H groups in total. The number of hydrogen-bond donors (Lipinski definition) is 2. The number of nitrogens with two attached hydrogens (primary N) is 1. The van der Waals surface area contributed by atoms with E-state index in [0.29, 0.717) is 6.04 Å². The number of aromatic amines is 1. The zero-order valence-corrected chi connectivity index (χ0v) is 10.1. The number of nitrogens with one attached hydrogen (secondary N) is 1. The quantitative estimate of drug-likeness (QED) is 0.740. The number of piperidine rings is 1. The van der Waals surface area contributed by atoms with Crippen molar-refractivity contribution in [2.45, 2.75) is 32.2 Å². The molecule has 1 aliphatic heterocycles. The molecule has 0 bridgehead atoms. The van der Waals surface area contributed by atoms with Crippen LogP contribution in [0.1, 0.15) is 26.2 Å². The minimum Gasteiger partial charge on any atom is -0.397 e. The van der Waals surface area contributed by atoms with Crippen molar-refractivity contribution in [1.29, 1.82) is 0 Å². The maximum atomic E-state index is 6.16. The molecule has 2 aromatic rings. The summed E-state index contributed by atoms with van der Waals surface area (Å²) in [7, 11) is 0. The van der Waals surface area contributed by atoms with E-state index in [0.717, 1.165) is 28.8 Å². The van der Waals surface area contributed by atoms with Crippen molar-refractivity contribution in [2.75, 3.05) is 17.2 Å². The molecule has 4 heteroatoms. The molecule has 3 rings (SSSR count). The smallest absolute Gasteiger partial charge is 0.0672 e. The molecular formula is C13H18N4. The maximum Gasteiger partial charge on any atom is 0.0672 e. The van der Waals surface area contributed by atoms with Gasteiger partial charge in [0.15, 0.2) is 0 Å². The fourth-order valence-corrected chi connectivity index (χ4v) is 2.70. The lowest BCUT2D eigenvalue weighted by Gasteiger charge is -2.36. The Morgan fingerprint density at radius 3 is 3.12 bits per heavy atom. The Morgan fingerprint density at radius 1 is 1.41 bits per heavy atom. The maximum absolute atomic E-state index is 6.16. The Balaban J connectivity index is 2.05. The molecule has 4 nitrogen and oxygen atoms in total. The van der Waals surface area contributed by atoms with Gasteiger partial charge in [-0.1, -0.05) is 0 Å². The van der Waals surface area contributed by atoms with E-state index < -0.39 is 0 Å². The van der Waals surface area contributed by atoms with E-state index in [1.165, 1.54) is 19.3 Å². The molecule has 2 heterocycles. The molecule has 0 radical (unpaired) electrons. The molecule has 0 spiro atoms. The molecule has 17 heavy (non-hydrogen) atoms. The van der Waals surface area contributed by atoms with Crippen LogP contribution in [0.3, 0.4) is 0 Å². The van der Waals surface area contributed by atoms with Gasteiger partial charge in [-0.2, -0.15) is 5.10 Å². The molecule has 1 fully saturated rings. The standard InChI is InChI=1S/C13H18N4/c1-9-4-2-3-5-17(9)13-7-12-10(6-11(13)14)8-15-16-12/h6-9H,2-5,14H2,1H3,(H,15,16). The second kappa shape index (κ2) is 3.95. The van der Waals surface area contributed by atoms with Crippen LogP contribution in [-0.4, -0.2) is 22.8 Å². The monoisotopic (exact) mass is 230 g/mol. The Kier molecular flexibility index (Phi) is 2.42. The number of fused-ring (bicyclic) bond motifs is 1. The molecule has 1 aliphatic rings. The predicted molar refractivity (Wildman–Crippen MR) is 71.2 cm³/mol. The highest BCUT2D eigenvalue weighted by molar-refractivity contribution is 5.89. The van der Waals surface area contributed by atoms with E-state index in [2.05, 4.69) is 28.1 Å². The molecule has 1 aromatic heterocycles. The molecule has 1 saturated heterocycles. The van der Waals surface area contributed by atoms with Crippen molar-refractivity contribution in [1.82, 2.24) is 10.2 Å². The summed E-state index contributed by atoms with van der Waals surface area (Å²) in [6, 6.07) is 4.71. The van der Waals surface area contributed by atoms with Gasteiger partial charge < -0.3 is 10.6 Å². The van der Waals surface area contributed by atoms with E-state index in [1.807, 2.05) is 12.3 Å². The van der Waals surface area contributed by atoms with Crippen LogP contribution in [0.15, 0.2) is 18.3 Å². The molecule has 90 valence electrons. The van der Waals surface area contributed by atoms with Gasteiger partial charge in [-0.3, -0.25) is 5.10 Å². The van der Waals surface area contributed by atoms with Gasteiger partial charge in [0.05, 0.1) is 23.1 Å². The predicted octanol–water partition coefficient (Wildman–Crippen LogP) is 2.52. The summed E-state index contributed by atoms with van der Waals surface area (Å²) >= 11 is 0. The average Bonchev–Trinajstić information content (AvgIpc) is 2.76. The van der Waals surface area contributed by atoms with Crippen LogP contribution in [0.25, 0.3) is 10.9 Å². The largest absolute Gasteiger partial charge is 0.397 e. The van der Waals surface area contributed by atoms with E-state index in [9.17, 15) is 0 Å². The topological polar surface area (TPSA) is 57.9 Å². The van der Waals surface area contributed by atoms with Gasteiger partial charge in [-0.25, -0.2) is 0 Å². The van der Waals surface area contributed by atoms with Crippen LogP contribution in [0.5, 0.6) is 0 Å². The zero-order chi connectivity index (χ0) is 11.8.